The van der Waals surface area contributed by atoms with Crippen LogP contribution in [0.15, 0.2) is 237 Å². The first-order valence-corrected chi connectivity index (χ1v) is 25.5. The van der Waals surface area contributed by atoms with Crippen LogP contribution in [0.1, 0.15) is 97.2 Å². The van der Waals surface area contributed by atoms with Gasteiger partial charge in [0.05, 0.1) is 16.5 Å². The fraction of sp³-hybridized carbons (Fsp3) is 0.143. The lowest BCUT2D eigenvalue weighted by Crippen LogP contribution is -2.33. The number of fused-ring (bicyclic) bond motifs is 12. The van der Waals surface area contributed by atoms with E-state index in [-0.39, 0.29) is 10.8 Å². The molecule has 0 radical (unpaired) electrons. The first kappa shape index (κ1) is 43.8. The summed E-state index contributed by atoms with van der Waals surface area (Å²) in [6.45, 7) is 14.0. The van der Waals surface area contributed by atoms with Crippen molar-refractivity contribution >= 4 is 17.1 Å². The van der Waals surface area contributed by atoms with Crippen molar-refractivity contribution in [2.45, 2.75) is 63.2 Å². The Balaban J connectivity index is 1.13. The maximum absolute atomic E-state index is 7.13. The molecule has 0 unspecified atom stereocenters. The smallest absolute Gasteiger partial charge is 0.132 e. The second kappa shape index (κ2) is 16.2. The van der Waals surface area contributed by atoms with Crippen molar-refractivity contribution in [3.05, 3.63) is 292 Å². The highest BCUT2D eigenvalue weighted by Crippen LogP contribution is 2.64. The van der Waals surface area contributed by atoms with E-state index in [1.165, 1.54) is 66.8 Å². The number of nitrogens with zero attached hydrogens (tertiary/aromatic N) is 1. The molecule has 72 heavy (non-hydrogen) atoms. The van der Waals surface area contributed by atoms with E-state index in [0.29, 0.717) is 0 Å². The zero-order valence-corrected chi connectivity index (χ0v) is 41.9. The molecule has 0 N–H and O–H groups in total. The van der Waals surface area contributed by atoms with Gasteiger partial charge in [-0.05, 0) is 126 Å². The average Bonchev–Trinajstić information content (AvgIpc) is 3.87. The molecular weight excluding hydrogens is 871 g/mol. The van der Waals surface area contributed by atoms with Gasteiger partial charge in [0.25, 0.3) is 0 Å². The van der Waals surface area contributed by atoms with Crippen molar-refractivity contribution in [3.63, 3.8) is 0 Å². The largest absolute Gasteiger partial charge is 0.457 e. The minimum absolute atomic E-state index is 0.0726. The van der Waals surface area contributed by atoms with Crippen molar-refractivity contribution in [1.29, 1.82) is 0 Å². The molecule has 1 heterocycles. The summed E-state index contributed by atoms with van der Waals surface area (Å²) in [4.78, 5) is 2.51. The molecule has 10 aromatic rings. The highest BCUT2D eigenvalue weighted by atomic mass is 16.5. The quantitative estimate of drug-likeness (QED) is 0.165. The maximum atomic E-state index is 7.13. The third-order valence-electron chi connectivity index (χ3n) is 15.9. The molecule has 0 fully saturated rings. The Morgan fingerprint density at radius 3 is 1.35 bits per heavy atom. The Morgan fingerprint density at radius 2 is 0.750 bits per heavy atom. The molecule has 0 amide bonds. The van der Waals surface area contributed by atoms with Gasteiger partial charge in [0.2, 0.25) is 0 Å². The third-order valence-corrected chi connectivity index (χ3v) is 15.9. The van der Waals surface area contributed by atoms with Crippen LogP contribution >= 0.6 is 0 Å². The first-order chi connectivity index (χ1) is 35.0. The van der Waals surface area contributed by atoms with Gasteiger partial charge in [0.15, 0.2) is 0 Å². The van der Waals surface area contributed by atoms with Gasteiger partial charge in [0.1, 0.15) is 11.5 Å². The van der Waals surface area contributed by atoms with E-state index in [0.717, 1.165) is 50.8 Å². The minimum Gasteiger partial charge on any atom is -0.457 e. The van der Waals surface area contributed by atoms with Crippen molar-refractivity contribution < 1.29 is 4.74 Å². The van der Waals surface area contributed by atoms with E-state index in [1.54, 1.807) is 0 Å². The molecule has 13 rings (SSSR count). The van der Waals surface area contributed by atoms with E-state index >= 15 is 0 Å². The molecule has 2 heteroatoms. The maximum Gasteiger partial charge on any atom is 0.132 e. The predicted molar refractivity (Wildman–Crippen MR) is 299 cm³/mol. The lowest BCUT2D eigenvalue weighted by molar-refractivity contribution is 0.436. The average molecular weight is 928 g/mol. The SMILES string of the molecule is CC(C)(C)c1ccc2c(c1)C1(c3ccccc3Oc3ccc(N(c4ccc5c(c4)C(c4ccccc4)(c4ccccc4)c4ccccc4-5)c4ccccc4-c4ccccc4)cc31)c1cc(C(C)(C)C)ccc1-2. The van der Waals surface area contributed by atoms with Gasteiger partial charge in [-0.2, -0.15) is 0 Å². The number of ether oxygens (including phenoxy) is 1. The normalized spacial score (nSPS) is 14.3. The van der Waals surface area contributed by atoms with Crippen molar-refractivity contribution in [2.24, 2.45) is 0 Å². The topological polar surface area (TPSA) is 12.5 Å². The van der Waals surface area contributed by atoms with Gasteiger partial charge in [-0.15, -0.1) is 0 Å². The molecule has 2 aliphatic carbocycles. The zero-order valence-electron chi connectivity index (χ0n) is 41.9. The van der Waals surface area contributed by atoms with Crippen LogP contribution in [0.3, 0.4) is 0 Å². The molecule has 0 atom stereocenters. The second-order valence-corrected chi connectivity index (χ2v) is 22.0. The van der Waals surface area contributed by atoms with Crippen molar-refractivity contribution in [1.82, 2.24) is 0 Å². The Labute approximate surface area is 424 Å². The molecule has 1 aliphatic heterocycles. The highest BCUT2D eigenvalue weighted by molar-refractivity contribution is 5.94. The lowest BCUT2D eigenvalue weighted by atomic mass is 9.65. The Morgan fingerprint density at radius 1 is 0.319 bits per heavy atom. The van der Waals surface area contributed by atoms with Crippen LogP contribution in [0.25, 0.3) is 33.4 Å². The number of rotatable bonds is 6. The van der Waals surface area contributed by atoms with Gasteiger partial charge < -0.3 is 9.64 Å². The van der Waals surface area contributed by atoms with Crippen LogP contribution in [-0.4, -0.2) is 0 Å². The van der Waals surface area contributed by atoms with Crippen LogP contribution in [0.4, 0.5) is 17.1 Å². The van der Waals surface area contributed by atoms with E-state index in [1.807, 2.05) is 0 Å². The monoisotopic (exact) mass is 927 g/mol. The summed E-state index contributed by atoms with van der Waals surface area (Å²) < 4.78 is 7.13. The van der Waals surface area contributed by atoms with Crippen molar-refractivity contribution in [3.8, 4) is 44.9 Å². The number of hydrogen-bond donors (Lipinski definition) is 0. The molecular formula is C70H57NO. The fourth-order valence-corrected chi connectivity index (χ4v) is 12.5. The first-order valence-electron chi connectivity index (χ1n) is 25.5. The van der Waals surface area contributed by atoms with E-state index < -0.39 is 10.8 Å². The van der Waals surface area contributed by atoms with Gasteiger partial charge >= 0.3 is 0 Å². The molecule has 0 saturated carbocycles. The molecule has 3 aliphatic rings. The lowest BCUT2D eigenvalue weighted by Gasteiger charge is -2.41. The molecule has 1 spiro atoms. The number of benzene rings is 10. The number of para-hydroxylation sites is 2. The predicted octanol–water partition coefficient (Wildman–Crippen LogP) is 18.3. The summed E-state index contributed by atoms with van der Waals surface area (Å²) in [5.41, 5.74) is 21.7. The van der Waals surface area contributed by atoms with Crippen LogP contribution in [-0.2, 0) is 21.7 Å². The van der Waals surface area contributed by atoms with E-state index in [2.05, 4.69) is 283 Å². The summed E-state index contributed by atoms with van der Waals surface area (Å²) in [5, 5.41) is 0. The third kappa shape index (κ3) is 6.41. The Bertz CT molecular complexity index is 3640. The minimum atomic E-state index is -0.687. The number of hydrogen-bond acceptors (Lipinski definition) is 2. The summed E-state index contributed by atoms with van der Waals surface area (Å²) in [7, 11) is 0. The standard InChI is InChI=1S/C70H57NO/c1-67(2,3)49-34-38-55-56-39-35-50(68(4,5)6)43-61(56)70(60(55)42-49)59-31-19-21-33-65(59)72-66-41-37-52(45-63(66)70)71(64-32-20-17-28-53(64)46-22-10-7-11-23-46)51-36-40-57-54-29-16-18-30-58(54)69(62(57)44-51,47-24-12-8-13-25-47)48-26-14-9-15-27-48/h7-45H,1-6H3. The van der Waals surface area contributed by atoms with Crippen LogP contribution in [0.2, 0.25) is 0 Å². The molecule has 10 aromatic carbocycles. The molecule has 0 aromatic heterocycles. The summed E-state index contributed by atoms with van der Waals surface area (Å²) >= 11 is 0. The Hall–Kier alpha value is -8.20. The molecule has 0 saturated heterocycles. The van der Waals surface area contributed by atoms with Gasteiger partial charge in [-0.25, -0.2) is 0 Å². The van der Waals surface area contributed by atoms with E-state index in [4.69, 9.17) is 4.74 Å². The molecule has 348 valence electrons. The van der Waals surface area contributed by atoms with Gasteiger partial charge in [-0.1, -0.05) is 236 Å². The number of anilines is 3. The van der Waals surface area contributed by atoms with Crippen LogP contribution in [0.5, 0.6) is 11.5 Å². The molecule has 2 nitrogen and oxygen atoms in total. The Kier molecular flexibility index (Phi) is 9.83. The van der Waals surface area contributed by atoms with E-state index in [9.17, 15) is 0 Å². The highest BCUT2D eigenvalue weighted by Gasteiger charge is 2.52. The second-order valence-electron chi connectivity index (χ2n) is 22.0. The van der Waals surface area contributed by atoms with Crippen LogP contribution in [0, 0.1) is 0 Å². The summed E-state index contributed by atoms with van der Waals surface area (Å²) in [6, 6.07) is 88.4. The fourth-order valence-electron chi connectivity index (χ4n) is 12.5. The van der Waals surface area contributed by atoms with Crippen LogP contribution < -0.4 is 9.64 Å². The zero-order chi connectivity index (χ0) is 49.0. The van der Waals surface area contributed by atoms with Crippen molar-refractivity contribution in [2.75, 3.05) is 4.90 Å². The summed E-state index contributed by atoms with van der Waals surface area (Å²) in [5.74, 6) is 1.76. The van der Waals surface area contributed by atoms with Gasteiger partial charge in [0, 0.05) is 28.1 Å². The molecule has 0 bridgehead atoms. The summed E-state index contributed by atoms with van der Waals surface area (Å²) in [6.07, 6.45) is 0. The van der Waals surface area contributed by atoms with Gasteiger partial charge in [-0.3, -0.25) is 0 Å².